The standard InChI is InChI=1S/C12H18N2O3/c1-9-6-11(17-13(9)2)7-12(16)14-5-3-4-10(14)8-15/h6,8-10H,3-5,7H2,1-2H3. The second kappa shape index (κ2) is 4.87. The number of nitrogens with zero attached hydrogens (tertiary/aromatic N) is 2. The van der Waals surface area contributed by atoms with Gasteiger partial charge in [0, 0.05) is 13.6 Å². The van der Waals surface area contributed by atoms with E-state index in [-0.39, 0.29) is 24.4 Å². The van der Waals surface area contributed by atoms with Crippen molar-refractivity contribution >= 4 is 12.2 Å². The van der Waals surface area contributed by atoms with Gasteiger partial charge in [0.25, 0.3) is 0 Å². The van der Waals surface area contributed by atoms with Gasteiger partial charge in [-0.2, -0.15) is 0 Å². The van der Waals surface area contributed by atoms with Gasteiger partial charge >= 0.3 is 0 Å². The van der Waals surface area contributed by atoms with Crippen LogP contribution in [0.15, 0.2) is 11.8 Å². The molecule has 2 aliphatic heterocycles. The Bertz CT molecular complexity index is 354. The minimum absolute atomic E-state index is 0.0200. The van der Waals surface area contributed by atoms with Crippen molar-refractivity contribution in [1.82, 2.24) is 9.96 Å². The molecule has 1 saturated heterocycles. The van der Waals surface area contributed by atoms with Crippen molar-refractivity contribution in [2.75, 3.05) is 13.6 Å². The molecule has 1 amide bonds. The molecule has 0 aromatic carbocycles. The summed E-state index contributed by atoms with van der Waals surface area (Å²) >= 11 is 0. The van der Waals surface area contributed by atoms with Crippen LogP contribution in [-0.4, -0.2) is 47.8 Å². The summed E-state index contributed by atoms with van der Waals surface area (Å²) in [6, 6.07) is -0.0436. The molecule has 2 unspecified atom stereocenters. The lowest BCUT2D eigenvalue weighted by molar-refractivity contribution is -0.137. The van der Waals surface area contributed by atoms with Crippen LogP contribution in [0.3, 0.4) is 0 Å². The summed E-state index contributed by atoms with van der Waals surface area (Å²) in [6.45, 7) is 2.68. The van der Waals surface area contributed by atoms with E-state index in [1.807, 2.05) is 20.0 Å². The van der Waals surface area contributed by atoms with Crippen molar-refractivity contribution < 1.29 is 14.4 Å². The first-order valence-electron chi connectivity index (χ1n) is 5.98. The number of hydrogen-bond donors (Lipinski definition) is 0. The van der Waals surface area contributed by atoms with Crippen molar-refractivity contribution in [1.29, 1.82) is 0 Å². The van der Waals surface area contributed by atoms with Crippen LogP contribution in [0.5, 0.6) is 0 Å². The monoisotopic (exact) mass is 238 g/mol. The molecule has 0 radical (unpaired) electrons. The Morgan fingerprint density at radius 1 is 1.65 bits per heavy atom. The molecule has 1 fully saturated rings. The van der Waals surface area contributed by atoms with E-state index in [4.69, 9.17) is 4.84 Å². The van der Waals surface area contributed by atoms with Gasteiger partial charge in [-0.15, -0.1) is 5.06 Å². The Hall–Kier alpha value is -1.36. The number of amides is 1. The molecular weight excluding hydrogens is 220 g/mol. The van der Waals surface area contributed by atoms with Crippen LogP contribution in [0.4, 0.5) is 0 Å². The summed E-state index contributed by atoms with van der Waals surface area (Å²) in [6.07, 6.45) is 4.74. The molecule has 5 nitrogen and oxygen atoms in total. The third kappa shape index (κ3) is 2.49. The second-order valence-electron chi connectivity index (χ2n) is 4.62. The highest BCUT2D eigenvalue weighted by atomic mass is 16.7. The van der Waals surface area contributed by atoms with Crippen molar-refractivity contribution in [3.05, 3.63) is 11.8 Å². The summed E-state index contributed by atoms with van der Waals surface area (Å²) in [5.41, 5.74) is 0. The van der Waals surface area contributed by atoms with E-state index in [1.165, 1.54) is 0 Å². The van der Waals surface area contributed by atoms with Gasteiger partial charge in [-0.05, 0) is 25.8 Å². The topological polar surface area (TPSA) is 49.9 Å². The second-order valence-corrected chi connectivity index (χ2v) is 4.62. The van der Waals surface area contributed by atoms with Crippen LogP contribution < -0.4 is 0 Å². The Balaban J connectivity index is 1.93. The first-order chi connectivity index (χ1) is 8.11. The third-order valence-electron chi connectivity index (χ3n) is 3.36. The summed E-state index contributed by atoms with van der Waals surface area (Å²) in [5, 5.41) is 1.71. The zero-order valence-electron chi connectivity index (χ0n) is 10.3. The summed E-state index contributed by atoms with van der Waals surface area (Å²) in [7, 11) is 1.84. The van der Waals surface area contributed by atoms with E-state index in [0.717, 1.165) is 19.1 Å². The number of carbonyl (C=O) groups excluding carboxylic acids is 2. The molecule has 2 aliphatic rings. The third-order valence-corrected chi connectivity index (χ3v) is 3.36. The minimum atomic E-state index is -0.236. The van der Waals surface area contributed by atoms with Crippen LogP contribution >= 0.6 is 0 Å². The summed E-state index contributed by atoms with van der Waals surface area (Å²) in [5.74, 6) is 0.662. The lowest BCUT2D eigenvalue weighted by Gasteiger charge is -2.21. The molecule has 0 saturated carbocycles. The predicted octanol–water partition coefficient (Wildman–Crippen LogP) is 0.716. The SMILES string of the molecule is CC1C=C(CC(=O)N2CCCC2C=O)ON1C. The quantitative estimate of drug-likeness (QED) is 0.680. The van der Waals surface area contributed by atoms with Gasteiger partial charge in [0.15, 0.2) is 0 Å². The van der Waals surface area contributed by atoms with Gasteiger partial charge < -0.3 is 14.5 Å². The molecule has 0 aliphatic carbocycles. The highest BCUT2D eigenvalue weighted by Gasteiger charge is 2.30. The minimum Gasteiger partial charge on any atom is -0.410 e. The van der Waals surface area contributed by atoms with Crippen LogP contribution in [0.2, 0.25) is 0 Å². The van der Waals surface area contributed by atoms with E-state index in [2.05, 4.69) is 0 Å². The van der Waals surface area contributed by atoms with E-state index in [9.17, 15) is 9.59 Å². The van der Waals surface area contributed by atoms with Crippen LogP contribution in [0.1, 0.15) is 26.2 Å². The zero-order chi connectivity index (χ0) is 12.4. The largest absolute Gasteiger partial charge is 0.410 e. The van der Waals surface area contributed by atoms with E-state index >= 15 is 0 Å². The molecule has 2 rings (SSSR count). The number of hydrogen-bond acceptors (Lipinski definition) is 4. The lowest BCUT2D eigenvalue weighted by Crippen LogP contribution is -2.36. The maximum absolute atomic E-state index is 12.0. The Morgan fingerprint density at radius 3 is 3.00 bits per heavy atom. The predicted molar refractivity (Wildman–Crippen MR) is 61.8 cm³/mol. The van der Waals surface area contributed by atoms with E-state index in [0.29, 0.717) is 12.3 Å². The Labute approximate surface area is 101 Å². The summed E-state index contributed by atoms with van der Waals surface area (Å²) in [4.78, 5) is 29.9. The van der Waals surface area contributed by atoms with Crippen molar-refractivity contribution in [3.8, 4) is 0 Å². The maximum atomic E-state index is 12.0. The average molecular weight is 238 g/mol. The average Bonchev–Trinajstić information content (AvgIpc) is 2.86. The number of rotatable bonds is 3. The van der Waals surface area contributed by atoms with Crippen LogP contribution in [-0.2, 0) is 14.4 Å². The number of likely N-dealkylation sites (N-methyl/N-ethyl adjacent to an activating group) is 1. The van der Waals surface area contributed by atoms with Gasteiger partial charge in [0.1, 0.15) is 12.0 Å². The first kappa shape index (κ1) is 12.1. The number of likely N-dealkylation sites (tertiary alicyclic amines) is 1. The fraction of sp³-hybridized carbons (Fsp3) is 0.667. The van der Waals surface area contributed by atoms with E-state index < -0.39 is 0 Å². The fourth-order valence-corrected chi connectivity index (χ4v) is 2.26. The van der Waals surface area contributed by atoms with Gasteiger partial charge in [0.05, 0.1) is 18.5 Å². The van der Waals surface area contributed by atoms with Crippen molar-refractivity contribution in [2.24, 2.45) is 0 Å². The summed E-state index contributed by atoms with van der Waals surface area (Å²) < 4.78 is 0. The molecule has 2 heterocycles. The van der Waals surface area contributed by atoms with E-state index in [1.54, 1.807) is 9.96 Å². The van der Waals surface area contributed by atoms with Gasteiger partial charge in [-0.3, -0.25) is 4.79 Å². The number of hydroxylamine groups is 2. The highest BCUT2D eigenvalue weighted by Crippen LogP contribution is 2.22. The van der Waals surface area contributed by atoms with Crippen molar-refractivity contribution in [3.63, 3.8) is 0 Å². The maximum Gasteiger partial charge on any atom is 0.230 e. The van der Waals surface area contributed by atoms with Gasteiger partial charge in [-0.1, -0.05) is 0 Å². The Morgan fingerprint density at radius 2 is 2.41 bits per heavy atom. The van der Waals surface area contributed by atoms with Gasteiger partial charge in [0.2, 0.25) is 5.91 Å². The van der Waals surface area contributed by atoms with Crippen LogP contribution in [0, 0.1) is 0 Å². The highest BCUT2D eigenvalue weighted by molar-refractivity contribution is 5.82. The fourth-order valence-electron chi connectivity index (χ4n) is 2.26. The number of carbonyl (C=O) groups is 2. The molecule has 0 aromatic heterocycles. The molecule has 17 heavy (non-hydrogen) atoms. The molecule has 94 valence electrons. The zero-order valence-corrected chi connectivity index (χ0v) is 10.3. The van der Waals surface area contributed by atoms with Gasteiger partial charge in [-0.25, -0.2) is 0 Å². The van der Waals surface area contributed by atoms with Crippen LogP contribution in [0.25, 0.3) is 0 Å². The lowest BCUT2D eigenvalue weighted by atomic mass is 10.2. The molecule has 0 N–H and O–H groups in total. The molecule has 0 aromatic rings. The molecular formula is C12H18N2O3. The first-order valence-corrected chi connectivity index (χ1v) is 5.98. The normalized spacial score (nSPS) is 29.1. The van der Waals surface area contributed by atoms with Crippen molar-refractivity contribution in [2.45, 2.75) is 38.3 Å². The molecule has 0 spiro atoms. The molecule has 0 bridgehead atoms. The molecule has 2 atom stereocenters. The number of aldehydes is 1. The Kier molecular flexibility index (Phi) is 3.47. The molecule has 5 heteroatoms. The smallest absolute Gasteiger partial charge is 0.230 e.